The Kier molecular flexibility index (Phi) is 5.61. The van der Waals surface area contributed by atoms with Gasteiger partial charge in [-0.15, -0.1) is 0 Å². The Morgan fingerprint density at radius 3 is 2.17 bits per heavy atom. The van der Waals surface area contributed by atoms with Crippen molar-refractivity contribution in [3.8, 4) is 5.75 Å². The van der Waals surface area contributed by atoms with Gasteiger partial charge in [-0.05, 0) is 52.1 Å². The van der Waals surface area contributed by atoms with E-state index in [0.29, 0.717) is 22.7 Å². The van der Waals surface area contributed by atoms with Crippen molar-refractivity contribution in [3.05, 3.63) is 113 Å². The largest absolute Gasteiger partial charge is 0.508 e. The third kappa shape index (κ3) is 3.85. The highest BCUT2D eigenvalue weighted by atomic mass is 16.3. The first-order chi connectivity index (χ1) is 16.9. The van der Waals surface area contributed by atoms with Gasteiger partial charge in [0.05, 0.1) is 11.6 Å². The van der Waals surface area contributed by atoms with Crippen LogP contribution in [-0.2, 0) is 9.59 Å². The lowest BCUT2D eigenvalue weighted by Crippen LogP contribution is -2.29. The molecule has 0 saturated carbocycles. The maximum Gasteiger partial charge on any atom is 0.300 e. The van der Waals surface area contributed by atoms with Crippen molar-refractivity contribution in [2.24, 2.45) is 0 Å². The van der Waals surface area contributed by atoms with E-state index in [-0.39, 0.29) is 17.1 Å². The summed E-state index contributed by atoms with van der Waals surface area (Å²) in [7, 11) is 0. The van der Waals surface area contributed by atoms with E-state index in [9.17, 15) is 19.8 Å². The first kappa shape index (κ1) is 22.4. The molecule has 1 atom stereocenters. The summed E-state index contributed by atoms with van der Waals surface area (Å²) in [4.78, 5) is 28.2. The molecule has 0 aromatic heterocycles. The molecule has 5 rings (SSSR count). The van der Waals surface area contributed by atoms with Crippen molar-refractivity contribution < 1.29 is 19.8 Å². The first-order valence-corrected chi connectivity index (χ1v) is 11.5. The van der Waals surface area contributed by atoms with Gasteiger partial charge in [0.1, 0.15) is 11.5 Å². The number of hydrogen-bond acceptors (Lipinski definition) is 4. The predicted molar refractivity (Wildman–Crippen MR) is 137 cm³/mol. The highest BCUT2D eigenvalue weighted by Crippen LogP contribution is 2.43. The van der Waals surface area contributed by atoms with Crippen LogP contribution in [-0.4, -0.2) is 21.9 Å². The maximum atomic E-state index is 13.4. The number of phenols is 1. The third-order valence-electron chi connectivity index (χ3n) is 6.54. The number of phenolic OH excluding ortho intramolecular Hbond substituents is 1. The normalized spacial score (nSPS) is 17.5. The Morgan fingerprint density at radius 2 is 1.49 bits per heavy atom. The number of hydrogen-bond donors (Lipinski definition) is 2. The fourth-order valence-electron chi connectivity index (χ4n) is 4.67. The monoisotopic (exact) mass is 463 g/mol. The zero-order chi connectivity index (χ0) is 24.7. The number of rotatable bonds is 4. The Hall–Kier alpha value is -4.38. The van der Waals surface area contributed by atoms with Crippen molar-refractivity contribution in [3.63, 3.8) is 0 Å². The SMILES string of the molecule is CC(C)c1ccc(N2C(=O)C(=O)/C(=C(\O)c3cccc4ccccc34)C2c2ccc(O)cc2)cc1. The Morgan fingerprint density at radius 1 is 0.829 bits per heavy atom. The number of nitrogens with zero attached hydrogens (tertiary/aromatic N) is 1. The van der Waals surface area contributed by atoms with E-state index in [0.717, 1.165) is 16.3 Å². The van der Waals surface area contributed by atoms with E-state index in [2.05, 4.69) is 13.8 Å². The number of carbonyl (C=O) groups excluding carboxylic acids is 2. The van der Waals surface area contributed by atoms with Crippen molar-refractivity contribution in [1.29, 1.82) is 0 Å². The average Bonchev–Trinajstić information content (AvgIpc) is 3.14. The van der Waals surface area contributed by atoms with E-state index in [4.69, 9.17) is 0 Å². The van der Waals surface area contributed by atoms with Crippen LogP contribution in [0.3, 0.4) is 0 Å². The smallest absolute Gasteiger partial charge is 0.300 e. The molecule has 35 heavy (non-hydrogen) atoms. The van der Waals surface area contributed by atoms with Gasteiger partial charge in [0.15, 0.2) is 0 Å². The zero-order valence-corrected chi connectivity index (χ0v) is 19.5. The number of Topliss-reactive ketones (excluding diaryl/α,β-unsaturated/α-hetero) is 1. The molecule has 4 aromatic rings. The summed E-state index contributed by atoms with van der Waals surface area (Å²) in [5.74, 6) is -1.29. The van der Waals surface area contributed by atoms with E-state index in [1.807, 2.05) is 60.7 Å². The molecule has 0 aliphatic carbocycles. The number of amides is 1. The van der Waals surface area contributed by atoms with Crippen molar-refractivity contribution in [2.45, 2.75) is 25.8 Å². The molecular formula is C30H25NO4. The third-order valence-corrected chi connectivity index (χ3v) is 6.54. The molecule has 2 N–H and O–H groups in total. The van der Waals surface area contributed by atoms with Gasteiger partial charge < -0.3 is 10.2 Å². The number of aliphatic hydroxyl groups excluding tert-OH is 1. The summed E-state index contributed by atoms with van der Waals surface area (Å²) in [5, 5.41) is 23.0. The lowest BCUT2D eigenvalue weighted by Gasteiger charge is -2.26. The van der Waals surface area contributed by atoms with Gasteiger partial charge in [-0.2, -0.15) is 0 Å². The highest BCUT2D eigenvalue weighted by molar-refractivity contribution is 6.51. The summed E-state index contributed by atoms with van der Waals surface area (Å²) in [6, 6.07) is 26.1. The fraction of sp³-hybridized carbons (Fsp3) is 0.133. The molecular weight excluding hydrogens is 438 g/mol. The lowest BCUT2D eigenvalue weighted by atomic mass is 9.93. The minimum absolute atomic E-state index is 0.0185. The van der Waals surface area contributed by atoms with E-state index < -0.39 is 17.7 Å². The van der Waals surface area contributed by atoms with Crippen molar-refractivity contribution in [1.82, 2.24) is 0 Å². The van der Waals surface area contributed by atoms with Crippen LogP contribution in [0.5, 0.6) is 5.75 Å². The molecule has 0 radical (unpaired) electrons. The van der Waals surface area contributed by atoms with E-state index in [1.165, 1.54) is 17.0 Å². The lowest BCUT2D eigenvalue weighted by molar-refractivity contribution is -0.132. The van der Waals surface area contributed by atoms with Gasteiger partial charge >= 0.3 is 0 Å². The Bertz CT molecular complexity index is 1460. The molecule has 5 nitrogen and oxygen atoms in total. The molecule has 1 unspecified atom stereocenters. The second kappa shape index (κ2) is 8.76. The highest BCUT2D eigenvalue weighted by Gasteiger charge is 2.47. The van der Waals surface area contributed by atoms with E-state index >= 15 is 0 Å². The van der Waals surface area contributed by atoms with Crippen LogP contribution in [0.25, 0.3) is 16.5 Å². The molecule has 1 saturated heterocycles. The number of aliphatic hydroxyl groups is 1. The van der Waals surface area contributed by atoms with Crippen LogP contribution < -0.4 is 4.90 Å². The number of ketones is 1. The van der Waals surface area contributed by atoms with Gasteiger partial charge in [-0.1, -0.05) is 80.6 Å². The standard InChI is InChI=1S/C30H25NO4/c1-18(2)19-10-14-22(15-11-19)31-27(21-12-16-23(32)17-13-21)26(29(34)30(31)35)28(33)25-9-5-7-20-6-3-4-8-24(20)25/h3-18,27,32-33H,1-2H3/b28-26-. The number of aromatic hydroxyl groups is 1. The van der Waals surface area contributed by atoms with E-state index in [1.54, 1.807) is 18.2 Å². The molecule has 1 amide bonds. The van der Waals surface area contributed by atoms with Gasteiger partial charge in [0, 0.05) is 11.3 Å². The molecule has 1 heterocycles. The first-order valence-electron chi connectivity index (χ1n) is 11.5. The fourth-order valence-corrected chi connectivity index (χ4v) is 4.67. The van der Waals surface area contributed by atoms with Crippen LogP contribution in [0, 0.1) is 0 Å². The number of fused-ring (bicyclic) bond motifs is 1. The summed E-state index contributed by atoms with van der Waals surface area (Å²) in [6.07, 6.45) is 0. The second-order valence-corrected chi connectivity index (χ2v) is 9.03. The van der Waals surface area contributed by atoms with Gasteiger partial charge in [0.2, 0.25) is 0 Å². The van der Waals surface area contributed by atoms with Crippen LogP contribution in [0.15, 0.2) is 96.6 Å². The van der Waals surface area contributed by atoms with Crippen LogP contribution in [0.4, 0.5) is 5.69 Å². The van der Waals surface area contributed by atoms with Crippen LogP contribution >= 0.6 is 0 Å². The quantitative estimate of drug-likeness (QED) is 0.212. The molecule has 1 aliphatic rings. The van der Waals surface area contributed by atoms with Gasteiger partial charge in [-0.3, -0.25) is 14.5 Å². The Labute approximate surface area is 203 Å². The topological polar surface area (TPSA) is 77.8 Å². The minimum atomic E-state index is -0.848. The maximum absolute atomic E-state index is 13.4. The molecule has 174 valence electrons. The Balaban J connectivity index is 1.73. The number of anilines is 1. The summed E-state index contributed by atoms with van der Waals surface area (Å²) in [6.45, 7) is 4.17. The minimum Gasteiger partial charge on any atom is -0.508 e. The van der Waals surface area contributed by atoms with Crippen LogP contribution in [0.2, 0.25) is 0 Å². The second-order valence-electron chi connectivity index (χ2n) is 9.03. The molecule has 0 spiro atoms. The molecule has 0 bridgehead atoms. The van der Waals surface area contributed by atoms with Crippen LogP contribution in [0.1, 0.15) is 42.5 Å². The van der Waals surface area contributed by atoms with Gasteiger partial charge in [0.25, 0.3) is 11.7 Å². The zero-order valence-electron chi connectivity index (χ0n) is 19.5. The predicted octanol–water partition coefficient (Wildman–Crippen LogP) is 6.30. The summed E-state index contributed by atoms with van der Waals surface area (Å²) < 4.78 is 0. The molecule has 5 heteroatoms. The summed E-state index contributed by atoms with van der Waals surface area (Å²) >= 11 is 0. The van der Waals surface area contributed by atoms with Crippen molar-refractivity contribution >= 4 is 33.9 Å². The summed E-state index contributed by atoms with van der Waals surface area (Å²) in [5.41, 5.74) is 2.79. The van der Waals surface area contributed by atoms with Crippen molar-refractivity contribution in [2.75, 3.05) is 4.90 Å². The average molecular weight is 464 g/mol. The number of carbonyl (C=O) groups is 2. The van der Waals surface area contributed by atoms with Gasteiger partial charge in [-0.25, -0.2) is 0 Å². The number of benzene rings is 4. The molecule has 4 aromatic carbocycles. The molecule has 1 aliphatic heterocycles. The molecule has 1 fully saturated rings.